The van der Waals surface area contributed by atoms with E-state index in [1.807, 2.05) is 67.6 Å². The zero-order valence-corrected chi connectivity index (χ0v) is 16.5. The quantitative estimate of drug-likeness (QED) is 0.554. The summed E-state index contributed by atoms with van der Waals surface area (Å²) in [7, 11) is 0. The molecule has 0 spiro atoms. The summed E-state index contributed by atoms with van der Waals surface area (Å²) in [5, 5.41) is 7.76. The van der Waals surface area contributed by atoms with Crippen molar-refractivity contribution in [3.8, 4) is 16.9 Å². The summed E-state index contributed by atoms with van der Waals surface area (Å²) < 4.78 is 1.74. The minimum absolute atomic E-state index is 0.170. The number of rotatable bonds is 5. The number of aromatic nitrogens is 3. The summed E-state index contributed by atoms with van der Waals surface area (Å²) >= 11 is 0. The maximum absolute atomic E-state index is 13.0. The Hall–Kier alpha value is -3.73. The molecular formula is C24H22N4O. The average molecular weight is 382 g/mol. The van der Waals surface area contributed by atoms with Crippen LogP contribution in [0.3, 0.4) is 0 Å². The van der Waals surface area contributed by atoms with Gasteiger partial charge in [-0.3, -0.25) is 9.78 Å². The van der Waals surface area contributed by atoms with Gasteiger partial charge in [-0.1, -0.05) is 48.0 Å². The molecule has 4 aromatic rings. The van der Waals surface area contributed by atoms with Crippen molar-refractivity contribution >= 4 is 5.91 Å². The van der Waals surface area contributed by atoms with Crippen molar-refractivity contribution in [1.29, 1.82) is 0 Å². The summed E-state index contributed by atoms with van der Waals surface area (Å²) in [5.41, 5.74) is 6.37. The molecule has 0 saturated heterocycles. The van der Waals surface area contributed by atoms with Crippen molar-refractivity contribution in [1.82, 2.24) is 20.1 Å². The molecule has 5 heteroatoms. The van der Waals surface area contributed by atoms with Crippen molar-refractivity contribution in [2.45, 2.75) is 20.4 Å². The number of amides is 1. The van der Waals surface area contributed by atoms with E-state index in [1.54, 1.807) is 17.1 Å². The molecule has 0 atom stereocenters. The fourth-order valence-corrected chi connectivity index (χ4v) is 3.29. The van der Waals surface area contributed by atoms with Gasteiger partial charge in [0.25, 0.3) is 5.91 Å². The third kappa shape index (κ3) is 4.09. The molecule has 4 rings (SSSR count). The van der Waals surface area contributed by atoms with Crippen molar-refractivity contribution in [2.75, 3.05) is 0 Å². The molecule has 2 aromatic heterocycles. The molecule has 0 aliphatic carbocycles. The van der Waals surface area contributed by atoms with Crippen molar-refractivity contribution in [3.05, 3.63) is 102 Å². The lowest BCUT2D eigenvalue weighted by atomic mass is 10.1. The molecule has 0 unspecified atom stereocenters. The van der Waals surface area contributed by atoms with Crippen LogP contribution in [0.15, 0.2) is 79.1 Å². The van der Waals surface area contributed by atoms with Gasteiger partial charge in [-0.25, -0.2) is 4.68 Å². The van der Waals surface area contributed by atoms with Gasteiger partial charge in [-0.2, -0.15) is 5.10 Å². The highest BCUT2D eigenvalue weighted by Gasteiger charge is 2.18. The van der Waals surface area contributed by atoms with Crippen LogP contribution >= 0.6 is 0 Å². The van der Waals surface area contributed by atoms with E-state index in [1.165, 1.54) is 5.56 Å². The van der Waals surface area contributed by atoms with E-state index in [0.29, 0.717) is 12.2 Å². The number of hydrogen-bond acceptors (Lipinski definition) is 3. The Balaban J connectivity index is 1.72. The van der Waals surface area contributed by atoms with E-state index in [-0.39, 0.29) is 5.91 Å². The number of carbonyl (C=O) groups excluding carboxylic acids is 1. The van der Waals surface area contributed by atoms with Gasteiger partial charge in [0.15, 0.2) is 0 Å². The third-order valence-electron chi connectivity index (χ3n) is 4.79. The zero-order chi connectivity index (χ0) is 20.2. The molecule has 144 valence electrons. The molecule has 5 nitrogen and oxygen atoms in total. The number of carbonyl (C=O) groups is 1. The second kappa shape index (κ2) is 8.10. The maximum atomic E-state index is 13.0. The van der Waals surface area contributed by atoms with Crippen LogP contribution in [0.25, 0.3) is 16.9 Å². The molecule has 0 saturated carbocycles. The van der Waals surface area contributed by atoms with Crippen molar-refractivity contribution in [3.63, 3.8) is 0 Å². The molecular weight excluding hydrogens is 360 g/mol. The van der Waals surface area contributed by atoms with Gasteiger partial charge < -0.3 is 5.32 Å². The molecule has 0 aliphatic heterocycles. The van der Waals surface area contributed by atoms with Crippen LogP contribution in [-0.2, 0) is 6.54 Å². The minimum atomic E-state index is -0.170. The van der Waals surface area contributed by atoms with Gasteiger partial charge in [0.1, 0.15) is 5.69 Å². The van der Waals surface area contributed by atoms with Crippen LogP contribution in [0.5, 0.6) is 0 Å². The Morgan fingerprint density at radius 3 is 2.45 bits per heavy atom. The van der Waals surface area contributed by atoms with Crippen LogP contribution in [0.2, 0.25) is 0 Å². The summed E-state index contributed by atoms with van der Waals surface area (Å²) in [6, 6.07) is 21.6. The summed E-state index contributed by atoms with van der Waals surface area (Å²) in [6.07, 6.45) is 3.43. The first-order valence-electron chi connectivity index (χ1n) is 9.52. The van der Waals surface area contributed by atoms with Gasteiger partial charge in [0, 0.05) is 24.5 Å². The van der Waals surface area contributed by atoms with Crippen LogP contribution in [0.4, 0.5) is 0 Å². The first-order chi connectivity index (χ1) is 14.1. The summed E-state index contributed by atoms with van der Waals surface area (Å²) in [5.74, 6) is -0.170. The van der Waals surface area contributed by atoms with Gasteiger partial charge >= 0.3 is 0 Å². The standard InChI is InChI=1S/C24H22N4O/c1-17-8-9-22(18(2)14-17)28-23(15-21(27-28)20-6-4-3-5-7-20)24(29)26-16-19-10-12-25-13-11-19/h3-15H,16H2,1-2H3,(H,26,29). The molecule has 2 heterocycles. The van der Waals surface area contributed by atoms with Crippen LogP contribution in [0.1, 0.15) is 27.2 Å². The average Bonchev–Trinajstić information content (AvgIpc) is 3.19. The number of nitrogens with one attached hydrogen (secondary N) is 1. The largest absolute Gasteiger partial charge is 0.347 e. The number of pyridine rings is 1. The van der Waals surface area contributed by atoms with Gasteiger partial charge in [0.05, 0.1) is 11.4 Å². The van der Waals surface area contributed by atoms with Crippen molar-refractivity contribution in [2.24, 2.45) is 0 Å². The zero-order valence-electron chi connectivity index (χ0n) is 16.5. The molecule has 0 fully saturated rings. The Kier molecular flexibility index (Phi) is 5.20. The van der Waals surface area contributed by atoms with E-state index in [2.05, 4.69) is 23.3 Å². The lowest BCUT2D eigenvalue weighted by Crippen LogP contribution is -2.25. The minimum Gasteiger partial charge on any atom is -0.347 e. The van der Waals surface area contributed by atoms with E-state index >= 15 is 0 Å². The first-order valence-corrected chi connectivity index (χ1v) is 9.52. The normalized spacial score (nSPS) is 10.7. The highest BCUT2D eigenvalue weighted by Crippen LogP contribution is 2.24. The number of hydrogen-bond donors (Lipinski definition) is 1. The molecule has 1 N–H and O–H groups in total. The fourth-order valence-electron chi connectivity index (χ4n) is 3.29. The fraction of sp³-hybridized carbons (Fsp3) is 0.125. The molecule has 0 bridgehead atoms. The van der Waals surface area contributed by atoms with Crippen molar-refractivity contribution < 1.29 is 4.79 Å². The number of benzene rings is 2. The second-order valence-corrected chi connectivity index (χ2v) is 7.02. The van der Waals surface area contributed by atoms with Crippen LogP contribution < -0.4 is 5.32 Å². The Bertz CT molecular complexity index is 1130. The Labute approximate surface area is 170 Å². The predicted molar refractivity (Wildman–Crippen MR) is 114 cm³/mol. The maximum Gasteiger partial charge on any atom is 0.270 e. The summed E-state index contributed by atoms with van der Waals surface area (Å²) in [6.45, 7) is 4.52. The van der Waals surface area contributed by atoms with Gasteiger partial charge in [0.2, 0.25) is 0 Å². The molecule has 0 aliphatic rings. The lowest BCUT2D eigenvalue weighted by molar-refractivity contribution is 0.0943. The van der Waals surface area contributed by atoms with E-state index in [9.17, 15) is 4.79 Å². The SMILES string of the molecule is Cc1ccc(-n2nc(-c3ccccc3)cc2C(=O)NCc2ccncc2)c(C)c1. The molecule has 0 radical (unpaired) electrons. The lowest BCUT2D eigenvalue weighted by Gasteiger charge is -2.11. The van der Waals surface area contributed by atoms with Crippen LogP contribution in [0, 0.1) is 13.8 Å². The van der Waals surface area contributed by atoms with Gasteiger partial charge in [-0.15, -0.1) is 0 Å². The molecule has 1 amide bonds. The van der Waals surface area contributed by atoms with E-state index in [4.69, 9.17) is 5.10 Å². The van der Waals surface area contributed by atoms with E-state index in [0.717, 1.165) is 28.1 Å². The Morgan fingerprint density at radius 2 is 1.72 bits per heavy atom. The first kappa shape index (κ1) is 18.6. The topological polar surface area (TPSA) is 59.8 Å². The molecule has 29 heavy (non-hydrogen) atoms. The third-order valence-corrected chi connectivity index (χ3v) is 4.79. The highest BCUT2D eigenvalue weighted by atomic mass is 16.2. The molecule has 2 aromatic carbocycles. The highest BCUT2D eigenvalue weighted by molar-refractivity contribution is 5.94. The van der Waals surface area contributed by atoms with Crippen LogP contribution in [-0.4, -0.2) is 20.7 Å². The second-order valence-electron chi connectivity index (χ2n) is 7.02. The smallest absolute Gasteiger partial charge is 0.270 e. The monoisotopic (exact) mass is 382 g/mol. The number of nitrogens with zero attached hydrogens (tertiary/aromatic N) is 3. The van der Waals surface area contributed by atoms with Gasteiger partial charge in [-0.05, 0) is 49.2 Å². The van der Waals surface area contributed by atoms with E-state index < -0.39 is 0 Å². The predicted octanol–water partition coefficient (Wildman–Crippen LogP) is 4.48. The Morgan fingerprint density at radius 1 is 0.966 bits per heavy atom. The summed E-state index contributed by atoms with van der Waals surface area (Å²) in [4.78, 5) is 17.1. The number of aryl methyl sites for hydroxylation is 2.